The molecule has 0 radical (unpaired) electrons. The fourth-order valence-corrected chi connectivity index (χ4v) is 2.33. The first-order valence-corrected chi connectivity index (χ1v) is 6.53. The van der Waals surface area contributed by atoms with E-state index in [1.807, 2.05) is 0 Å². The number of likely N-dealkylation sites (tertiary alicyclic amines) is 1. The SMILES string of the molecule is CN1CCC(n2cc(C(=O)c3ccc(F)cc3)nn2)C1=O. The Morgan fingerprint density at radius 3 is 2.67 bits per heavy atom. The molecule has 21 heavy (non-hydrogen) atoms. The topological polar surface area (TPSA) is 68.1 Å². The molecule has 1 aromatic heterocycles. The van der Waals surface area contributed by atoms with E-state index in [1.165, 1.54) is 35.1 Å². The van der Waals surface area contributed by atoms with Gasteiger partial charge in [0.25, 0.3) is 0 Å². The molecule has 2 aromatic rings. The van der Waals surface area contributed by atoms with Crippen molar-refractivity contribution in [2.45, 2.75) is 12.5 Å². The van der Waals surface area contributed by atoms with E-state index in [1.54, 1.807) is 11.9 Å². The Balaban J connectivity index is 1.83. The number of rotatable bonds is 3. The van der Waals surface area contributed by atoms with Crippen LogP contribution < -0.4 is 0 Å². The van der Waals surface area contributed by atoms with Crippen molar-refractivity contribution in [3.05, 3.63) is 47.5 Å². The molecule has 1 unspecified atom stereocenters. The lowest BCUT2D eigenvalue weighted by atomic mass is 10.1. The third-order valence-electron chi connectivity index (χ3n) is 3.57. The van der Waals surface area contributed by atoms with Crippen LogP contribution >= 0.6 is 0 Å². The van der Waals surface area contributed by atoms with Gasteiger partial charge in [-0.2, -0.15) is 0 Å². The molecule has 1 atom stereocenters. The van der Waals surface area contributed by atoms with Crippen LogP contribution in [0.4, 0.5) is 4.39 Å². The summed E-state index contributed by atoms with van der Waals surface area (Å²) in [7, 11) is 1.73. The number of halogens is 1. The number of ketones is 1. The van der Waals surface area contributed by atoms with Gasteiger partial charge in [-0.3, -0.25) is 9.59 Å². The van der Waals surface area contributed by atoms with E-state index in [-0.39, 0.29) is 17.4 Å². The first kappa shape index (κ1) is 13.4. The number of amides is 1. The highest BCUT2D eigenvalue weighted by atomic mass is 19.1. The van der Waals surface area contributed by atoms with Gasteiger partial charge >= 0.3 is 0 Å². The molecule has 0 aliphatic carbocycles. The van der Waals surface area contributed by atoms with E-state index >= 15 is 0 Å². The number of hydrogen-bond donors (Lipinski definition) is 0. The molecule has 0 saturated carbocycles. The molecule has 2 heterocycles. The molecule has 1 aliphatic rings. The summed E-state index contributed by atoms with van der Waals surface area (Å²) in [5.74, 6) is -0.796. The van der Waals surface area contributed by atoms with Crippen LogP contribution in [0.1, 0.15) is 28.5 Å². The number of carbonyl (C=O) groups is 2. The zero-order chi connectivity index (χ0) is 15.0. The van der Waals surface area contributed by atoms with Crippen LogP contribution in [0.3, 0.4) is 0 Å². The molecule has 6 nitrogen and oxygen atoms in total. The largest absolute Gasteiger partial charge is 0.344 e. The zero-order valence-electron chi connectivity index (χ0n) is 11.4. The molecule has 0 bridgehead atoms. The summed E-state index contributed by atoms with van der Waals surface area (Å²) in [4.78, 5) is 25.7. The van der Waals surface area contributed by atoms with Crippen molar-refractivity contribution in [2.24, 2.45) is 0 Å². The number of likely N-dealkylation sites (N-methyl/N-ethyl adjacent to an activating group) is 1. The number of benzene rings is 1. The van der Waals surface area contributed by atoms with Crippen LogP contribution in [0.15, 0.2) is 30.5 Å². The maximum absolute atomic E-state index is 12.9. The van der Waals surface area contributed by atoms with Crippen molar-refractivity contribution in [3.8, 4) is 0 Å². The summed E-state index contributed by atoms with van der Waals surface area (Å²) in [6.45, 7) is 0.657. The maximum Gasteiger partial charge on any atom is 0.247 e. The highest BCUT2D eigenvalue weighted by Gasteiger charge is 2.31. The molecule has 1 saturated heterocycles. The summed E-state index contributed by atoms with van der Waals surface area (Å²) < 4.78 is 14.3. The molecule has 1 aromatic carbocycles. The number of aromatic nitrogens is 3. The highest BCUT2D eigenvalue weighted by molar-refractivity contribution is 6.07. The zero-order valence-corrected chi connectivity index (χ0v) is 11.4. The summed E-state index contributed by atoms with van der Waals surface area (Å²) in [5, 5.41) is 7.69. The van der Waals surface area contributed by atoms with Crippen molar-refractivity contribution >= 4 is 11.7 Å². The number of carbonyl (C=O) groups excluding carboxylic acids is 2. The van der Waals surface area contributed by atoms with E-state index in [4.69, 9.17) is 0 Å². The lowest BCUT2D eigenvalue weighted by molar-refractivity contribution is -0.129. The molecule has 1 fully saturated rings. The average molecular weight is 288 g/mol. The predicted octanol–water partition coefficient (Wildman–Crippen LogP) is 1.05. The second kappa shape index (κ2) is 5.08. The van der Waals surface area contributed by atoms with Crippen molar-refractivity contribution in [3.63, 3.8) is 0 Å². The Morgan fingerprint density at radius 2 is 2.05 bits per heavy atom. The minimum atomic E-state index is -0.408. The minimum Gasteiger partial charge on any atom is -0.344 e. The summed E-state index contributed by atoms with van der Waals surface area (Å²) in [6, 6.07) is 4.81. The molecule has 0 spiro atoms. The monoisotopic (exact) mass is 288 g/mol. The van der Waals surface area contributed by atoms with Gasteiger partial charge in [-0.25, -0.2) is 9.07 Å². The predicted molar refractivity (Wildman–Crippen MR) is 71.1 cm³/mol. The maximum atomic E-state index is 12.9. The van der Waals surface area contributed by atoms with E-state index in [0.29, 0.717) is 18.5 Å². The van der Waals surface area contributed by atoms with Crippen LogP contribution in [0.25, 0.3) is 0 Å². The molecular weight excluding hydrogens is 275 g/mol. The van der Waals surface area contributed by atoms with E-state index in [9.17, 15) is 14.0 Å². The smallest absolute Gasteiger partial charge is 0.247 e. The third kappa shape index (κ3) is 2.42. The normalized spacial score (nSPS) is 18.3. The Labute approximate surface area is 120 Å². The molecule has 3 rings (SSSR count). The van der Waals surface area contributed by atoms with Crippen molar-refractivity contribution < 1.29 is 14.0 Å². The fraction of sp³-hybridized carbons (Fsp3) is 0.286. The molecule has 1 aliphatic heterocycles. The van der Waals surface area contributed by atoms with Crippen molar-refractivity contribution in [2.75, 3.05) is 13.6 Å². The quantitative estimate of drug-likeness (QED) is 0.792. The van der Waals surface area contributed by atoms with Crippen LogP contribution in [0.5, 0.6) is 0 Å². The second-order valence-electron chi connectivity index (χ2n) is 4.98. The Kier molecular flexibility index (Phi) is 3.25. The van der Waals surface area contributed by atoms with Gasteiger partial charge in [0.05, 0.1) is 6.20 Å². The Bertz CT molecular complexity index is 695. The van der Waals surface area contributed by atoms with Crippen molar-refractivity contribution in [1.82, 2.24) is 19.9 Å². The molecule has 108 valence electrons. The average Bonchev–Trinajstić information content (AvgIpc) is 3.07. The van der Waals surface area contributed by atoms with Crippen LogP contribution in [0.2, 0.25) is 0 Å². The molecule has 7 heteroatoms. The third-order valence-corrected chi connectivity index (χ3v) is 3.57. The van der Waals surface area contributed by atoms with Gasteiger partial charge < -0.3 is 4.90 Å². The summed E-state index contributed by atoms with van der Waals surface area (Å²) in [6.07, 6.45) is 2.11. The van der Waals surface area contributed by atoms with E-state index in [2.05, 4.69) is 10.3 Å². The van der Waals surface area contributed by atoms with Gasteiger partial charge in [0.15, 0.2) is 5.69 Å². The van der Waals surface area contributed by atoms with Crippen LogP contribution in [-0.2, 0) is 4.79 Å². The van der Waals surface area contributed by atoms with Gasteiger partial charge in [-0.05, 0) is 30.7 Å². The van der Waals surface area contributed by atoms with E-state index in [0.717, 1.165) is 0 Å². The molecule has 1 amide bonds. The summed E-state index contributed by atoms with van der Waals surface area (Å²) in [5.41, 5.74) is 0.474. The number of hydrogen-bond acceptors (Lipinski definition) is 4. The second-order valence-corrected chi connectivity index (χ2v) is 4.98. The highest BCUT2D eigenvalue weighted by Crippen LogP contribution is 2.21. The molecular formula is C14H13FN4O2. The van der Waals surface area contributed by atoms with Crippen LogP contribution in [-0.4, -0.2) is 45.2 Å². The first-order chi connectivity index (χ1) is 10.1. The van der Waals surface area contributed by atoms with Crippen molar-refractivity contribution in [1.29, 1.82) is 0 Å². The fourth-order valence-electron chi connectivity index (χ4n) is 2.33. The summed E-state index contributed by atoms with van der Waals surface area (Å²) >= 11 is 0. The van der Waals surface area contributed by atoms with Gasteiger partial charge in [0, 0.05) is 19.2 Å². The standard InChI is InChI=1S/C14H13FN4O2/c1-18-7-6-12(14(18)21)19-8-11(16-17-19)13(20)9-2-4-10(15)5-3-9/h2-5,8,12H,6-7H2,1H3. The van der Waals surface area contributed by atoms with E-state index < -0.39 is 11.9 Å². The van der Waals surface area contributed by atoms with Gasteiger partial charge in [-0.15, -0.1) is 5.10 Å². The lowest BCUT2D eigenvalue weighted by Gasteiger charge is -2.09. The number of nitrogens with zero attached hydrogens (tertiary/aromatic N) is 4. The Morgan fingerprint density at radius 1 is 1.33 bits per heavy atom. The Hall–Kier alpha value is -2.57. The first-order valence-electron chi connectivity index (χ1n) is 6.53. The van der Waals surface area contributed by atoms with Gasteiger partial charge in [-0.1, -0.05) is 5.21 Å². The lowest BCUT2D eigenvalue weighted by Crippen LogP contribution is -2.24. The van der Waals surface area contributed by atoms with Crippen LogP contribution in [0, 0.1) is 5.82 Å². The van der Waals surface area contributed by atoms with Gasteiger partial charge in [0.1, 0.15) is 11.9 Å². The molecule has 0 N–H and O–H groups in total. The minimum absolute atomic E-state index is 0.0410. The van der Waals surface area contributed by atoms with Gasteiger partial charge in [0.2, 0.25) is 11.7 Å².